The van der Waals surface area contributed by atoms with Crippen LogP contribution in [0.1, 0.15) is 45.9 Å². The van der Waals surface area contributed by atoms with E-state index in [2.05, 4.69) is 4.98 Å². The summed E-state index contributed by atoms with van der Waals surface area (Å²) in [4.78, 5) is 44.4. The van der Waals surface area contributed by atoms with Crippen LogP contribution in [-0.4, -0.2) is 41.5 Å². The van der Waals surface area contributed by atoms with Gasteiger partial charge in [0.2, 0.25) is 0 Å². The number of methoxy groups -OCH3 is 1. The van der Waals surface area contributed by atoms with Crippen molar-refractivity contribution in [2.45, 2.75) is 26.3 Å². The lowest BCUT2D eigenvalue weighted by molar-refractivity contribution is -0.132. The van der Waals surface area contributed by atoms with Crippen LogP contribution < -0.4 is 9.64 Å². The number of carbonyl (C=O) groups excluding carboxylic acids is 3. The normalized spacial score (nSPS) is 17.0. The van der Waals surface area contributed by atoms with Gasteiger partial charge in [0.1, 0.15) is 16.4 Å². The third kappa shape index (κ3) is 4.54. The molecule has 1 aliphatic rings. The number of hydrogen-bond acceptors (Lipinski definition) is 8. The van der Waals surface area contributed by atoms with Gasteiger partial charge in [-0.3, -0.25) is 14.5 Å². The molecule has 2 aromatic carbocycles. The number of aromatic nitrogens is 1. The molecular formula is C26H24N2O6S. The van der Waals surface area contributed by atoms with Crippen LogP contribution in [0.2, 0.25) is 0 Å². The highest BCUT2D eigenvalue weighted by Gasteiger charge is 2.48. The number of esters is 1. The minimum atomic E-state index is -0.928. The van der Waals surface area contributed by atoms with Crippen LogP contribution in [0.3, 0.4) is 0 Å². The first kappa shape index (κ1) is 24.2. The molecule has 9 heteroatoms. The van der Waals surface area contributed by atoms with E-state index in [1.807, 2.05) is 13.0 Å². The molecule has 1 unspecified atom stereocenters. The van der Waals surface area contributed by atoms with Crippen LogP contribution in [0, 0.1) is 6.92 Å². The molecule has 2 heterocycles. The molecule has 0 bridgehead atoms. The Balaban J connectivity index is 1.84. The molecule has 1 aliphatic heterocycles. The Hall–Kier alpha value is -3.98. The van der Waals surface area contributed by atoms with Gasteiger partial charge in [-0.2, -0.15) is 0 Å². The number of anilines is 1. The molecular weight excluding hydrogens is 468 g/mol. The molecule has 1 amide bonds. The second kappa shape index (κ2) is 10.1. The number of amides is 1. The predicted molar refractivity (Wildman–Crippen MR) is 132 cm³/mol. The molecule has 0 saturated carbocycles. The van der Waals surface area contributed by atoms with E-state index in [1.54, 1.807) is 55.5 Å². The fourth-order valence-corrected chi connectivity index (χ4v) is 4.84. The number of aryl methyl sites for hydroxylation is 1. The van der Waals surface area contributed by atoms with Crippen molar-refractivity contribution in [3.63, 3.8) is 0 Å². The van der Waals surface area contributed by atoms with Crippen LogP contribution in [0.5, 0.6) is 5.75 Å². The fourth-order valence-electron chi connectivity index (χ4n) is 3.83. The van der Waals surface area contributed by atoms with E-state index in [1.165, 1.54) is 12.0 Å². The molecule has 8 nitrogen and oxygen atoms in total. The summed E-state index contributed by atoms with van der Waals surface area (Å²) in [6.45, 7) is 4.19. The van der Waals surface area contributed by atoms with Crippen LogP contribution in [-0.2, 0) is 14.3 Å². The van der Waals surface area contributed by atoms with Gasteiger partial charge >= 0.3 is 11.9 Å². The fraction of sp³-hybridized carbons (Fsp3) is 0.231. The molecule has 0 spiro atoms. The third-order valence-electron chi connectivity index (χ3n) is 5.52. The molecule has 1 aromatic heterocycles. The smallest absolute Gasteiger partial charge is 0.350 e. The van der Waals surface area contributed by atoms with E-state index in [4.69, 9.17) is 9.47 Å². The highest BCUT2D eigenvalue weighted by molar-refractivity contribution is 7.17. The van der Waals surface area contributed by atoms with Crippen molar-refractivity contribution in [1.29, 1.82) is 0 Å². The van der Waals surface area contributed by atoms with Gasteiger partial charge in [0.15, 0.2) is 5.13 Å². The van der Waals surface area contributed by atoms with Crippen molar-refractivity contribution in [2.24, 2.45) is 0 Å². The van der Waals surface area contributed by atoms with E-state index in [9.17, 15) is 19.5 Å². The van der Waals surface area contributed by atoms with Gasteiger partial charge < -0.3 is 14.6 Å². The first-order valence-corrected chi connectivity index (χ1v) is 11.8. The van der Waals surface area contributed by atoms with E-state index < -0.39 is 23.7 Å². The van der Waals surface area contributed by atoms with E-state index in [0.717, 1.165) is 17.8 Å². The number of rotatable bonds is 7. The first-order chi connectivity index (χ1) is 16.9. The summed E-state index contributed by atoms with van der Waals surface area (Å²) in [6.07, 6.45) is 0.857. The zero-order chi connectivity index (χ0) is 25.1. The Labute approximate surface area is 206 Å². The summed E-state index contributed by atoms with van der Waals surface area (Å²) >= 11 is 0.959. The molecule has 0 radical (unpaired) electrons. The summed E-state index contributed by atoms with van der Waals surface area (Å²) in [5.74, 6) is -1.92. The van der Waals surface area contributed by atoms with Gasteiger partial charge in [-0.1, -0.05) is 48.6 Å². The lowest BCUT2D eigenvalue weighted by Crippen LogP contribution is -2.29. The Bertz CT molecular complexity index is 1300. The molecule has 1 N–H and O–H groups in total. The van der Waals surface area contributed by atoms with Crippen molar-refractivity contribution >= 4 is 39.9 Å². The summed E-state index contributed by atoms with van der Waals surface area (Å²) < 4.78 is 10.4. The number of ketones is 1. The average Bonchev–Trinajstić information content (AvgIpc) is 3.39. The number of ether oxygens (including phenoxy) is 2. The minimum Gasteiger partial charge on any atom is -0.507 e. The molecule has 1 saturated heterocycles. The van der Waals surface area contributed by atoms with Crippen molar-refractivity contribution in [2.75, 3.05) is 18.6 Å². The first-order valence-electron chi connectivity index (χ1n) is 11.0. The zero-order valence-corrected chi connectivity index (χ0v) is 20.3. The highest BCUT2D eigenvalue weighted by atomic mass is 32.1. The standard InChI is InChI=1S/C26H24N2O6S/c1-4-14-34-18-12-10-17(11-13-18)21(29)19-20(16-8-6-5-7-9-16)28(24(31)22(19)30)26-27-15(2)23(35-26)25(32)33-3/h5-13,20,29H,4,14H2,1-3H3. The van der Waals surface area contributed by atoms with Gasteiger partial charge in [-0.15, -0.1) is 0 Å². The SMILES string of the molecule is CCCOc1ccc(C(O)=C2C(=O)C(=O)N(c3nc(C)c(C(=O)OC)s3)C2c2ccccc2)cc1. The van der Waals surface area contributed by atoms with E-state index >= 15 is 0 Å². The topological polar surface area (TPSA) is 106 Å². The van der Waals surface area contributed by atoms with Crippen LogP contribution in [0.15, 0.2) is 60.2 Å². The number of thiazole rings is 1. The number of aliphatic hydroxyl groups excluding tert-OH is 1. The molecule has 1 fully saturated rings. The monoisotopic (exact) mass is 492 g/mol. The molecule has 4 rings (SSSR count). The lowest BCUT2D eigenvalue weighted by Gasteiger charge is -2.23. The van der Waals surface area contributed by atoms with Crippen LogP contribution >= 0.6 is 11.3 Å². The molecule has 35 heavy (non-hydrogen) atoms. The van der Waals surface area contributed by atoms with Crippen LogP contribution in [0.25, 0.3) is 5.76 Å². The maximum absolute atomic E-state index is 13.2. The average molecular weight is 493 g/mol. The van der Waals surface area contributed by atoms with Crippen molar-refractivity contribution in [1.82, 2.24) is 4.98 Å². The van der Waals surface area contributed by atoms with Crippen molar-refractivity contribution < 1.29 is 29.0 Å². The van der Waals surface area contributed by atoms with Gasteiger partial charge in [0.25, 0.3) is 5.78 Å². The quantitative estimate of drug-likeness (QED) is 0.221. The molecule has 1 atom stereocenters. The predicted octanol–water partition coefficient (Wildman–Crippen LogP) is 4.65. The number of Topliss-reactive ketones (excluding diaryl/α,β-unsaturated/α-hetero) is 1. The summed E-state index contributed by atoms with van der Waals surface area (Å²) in [7, 11) is 1.26. The summed E-state index contributed by atoms with van der Waals surface area (Å²) in [5, 5.41) is 11.4. The number of benzene rings is 2. The number of hydrogen-bond donors (Lipinski definition) is 1. The maximum atomic E-state index is 13.2. The van der Waals surface area contributed by atoms with Gasteiger partial charge in [0, 0.05) is 5.56 Å². The van der Waals surface area contributed by atoms with Gasteiger partial charge in [-0.25, -0.2) is 9.78 Å². The Kier molecular flexibility index (Phi) is 6.97. The second-order valence-electron chi connectivity index (χ2n) is 7.86. The Morgan fingerprint density at radius 1 is 1.11 bits per heavy atom. The summed E-state index contributed by atoms with van der Waals surface area (Å²) in [5.41, 5.74) is 1.31. The summed E-state index contributed by atoms with van der Waals surface area (Å²) in [6, 6.07) is 14.6. The molecule has 0 aliphatic carbocycles. The largest absolute Gasteiger partial charge is 0.507 e. The highest BCUT2D eigenvalue weighted by Crippen LogP contribution is 2.43. The third-order valence-corrected chi connectivity index (χ3v) is 6.66. The van der Waals surface area contributed by atoms with Gasteiger partial charge in [-0.05, 0) is 43.2 Å². The number of aliphatic hydroxyl groups is 1. The Morgan fingerprint density at radius 2 is 1.80 bits per heavy atom. The molecule has 3 aromatic rings. The number of nitrogens with zero attached hydrogens (tertiary/aromatic N) is 2. The van der Waals surface area contributed by atoms with Gasteiger partial charge in [0.05, 0.1) is 31.0 Å². The Morgan fingerprint density at radius 3 is 2.43 bits per heavy atom. The van der Waals surface area contributed by atoms with Crippen molar-refractivity contribution in [3.8, 4) is 5.75 Å². The van der Waals surface area contributed by atoms with E-state index in [0.29, 0.717) is 29.2 Å². The lowest BCUT2D eigenvalue weighted by atomic mass is 9.95. The zero-order valence-electron chi connectivity index (χ0n) is 19.5. The molecule has 180 valence electrons. The van der Waals surface area contributed by atoms with E-state index in [-0.39, 0.29) is 21.3 Å². The minimum absolute atomic E-state index is 0.0594. The second-order valence-corrected chi connectivity index (χ2v) is 8.83. The van der Waals surface area contributed by atoms with Crippen LogP contribution in [0.4, 0.5) is 5.13 Å². The number of carbonyl (C=O) groups is 3. The maximum Gasteiger partial charge on any atom is 0.350 e. The van der Waals surface area contributed by atoms with Crippen molar-refractivity contribution in [3.05, 3.63) is 81.9 Å².